The van der Waals surface area contributed by atoms with Gasteiger partial charge in [-0.15, -0.1) is 23.2 Å². The zero-order valence-electron chi connectivity index (χ0n) is 11.3. The summed E-state index contributed by atoms with van der Waals surface area (Å²) in [6, 6.07) is 18.3. The number of rotatable bonds is 7. The van der Waals surface area contributed by atoms with Gasteiger partial charge in [-0.25, -0.2) is 0 Å². The van der Waals surface area contributed by atoms with Gasteiger partial charge >= 0.3 is 7.52 Å². The number of anilines is 1. The standard InChI is InChI=1S/C15H16Cl2NO2P/c16-11-13(17)12-20-21(19,15-9-5-2-6-10-15)18-14-7-3-1-4-8-14/h1-10,13H,11-12H2,(H,18,19). The Labute approximate surface area is 134 Å². The van der Waals surface area contributed by atoms with Crippen LogP contribution in [0.4, 0.5) is 5.69 Å². The smallest absolute Gasteiger partial charge is 0.312 e. The largest absolute Gasteiger partial charge is 0.324 e. The van der Waals surface area contributed by atoms with Gasteiger partial charge in [-0.2, -0.15) is 0 Å². The first-order valence-electron chi connectivity index (χ1n) is 6.47. The summed E-state index contributed by atoms with van der Waals surface area (Å²) in [4.78, 5) is 0. The van der Waals surface area contributed by atoms with Crippen LogP contribution in [0, 0.1) is 0 Å². The quantitative estimate of drug-likeness (QED) is 0.595. The zero-order valence-corrected chi connectivity index (χ0v) is 13.7. The highest BCUT2D eigenvalue weighted by Gasteiger charge is 2.27. The predicted octanol–water partition coefficient (Wildman–Crippen LogP) is 4.48. The fourth-order valence-electron chi connectivity index (χ4n) is 1.71. The first-order valence-corrected chi connectivity index (χ1v) is 9.07. The van der Waals surface area contributed by atoms with E-state index in [-0.39, 0.29) is 17.9 Å². The number of alkyl halides is 2. The van der Waals surface area contributed by atoms with E-state index in [1.807, 2.05) is 48.5 Å². The molecule has 6 heteroatoms. The Morgan fingerprint density at radius 3 is 2.19 bits per heavy atom. The van der Waals surface area contributed by atoms with Crippen molar-refractivity contribution in [1.29, 1.82) is 0 Å². The minimum atomic E-state index is -3.25. The third-order valence-corrected chi connectivity index (χ3v) is 5.60. The molecule has 0 heterocycles. The van der Waals surface area contributed by atoms with E-state index < -0.39 is 7.52 Å². The molecule has 2 rings (SSSR count). The van der Waals surface area contributed by atoms with Crippen molar-refractivity contribution in [3.8, 4) is 0 Å². The van der Waals surface area contributed by atoms with Crippen LogP contribution in [0.3, 0.4) is 0 Å². The van der Waals surface area contributed by atoms with Crippen LogP contribution < -0.4 is 10.4 Å². The Hall–Kier alpha value is -0.990. The molecule has 112 valence electrons. The summed E-state index contributed by atoms with van der Waals surface area (Å²) in [7, 11) is -3.25. The SMILES string of the molecule is O=P(Nc1ccccc1)(OCC(Cl)CCl)c1ccccc1. The second-order valence-corrected chi connectivity index (χ2v) is 7.44. The summed E-state index contributed by atoms with van der Waals surface area (Å²) < 4.78 is 18.8. The molecule has 1 N–H and O–H groups in total. The van der Waals surface area contributed by atoms with E-state index in [9.17, 15) is 4.57 Å². The highest BCUT2D eigenvalue weighted by molar-refractivity contribution is 7.68. The van der Waals surface area contributed by atoms with Crippen LogP contribution in [0.2, 0.25) is 0 Å². The molecule has 3 nitrogen and oxygen atoms in total. The predicted molar refractivity (Wildman–Crippen MR) is 90.1 cm³/mol. The van der Waals surface area contributed by atoms with E-state index in [2.05, 4.69) is 5.09 Å². The highest BCUT2D eigenvalue weighted by atomic mass is 35.5. The molecule has 0 aliphatic rings. The van der Waals surface area contributed by atoms with Crippen molar-refractivity contribution < 1.29 is 9.09 Å². The molecule has 21 heavy (non-hydrogen) atoms. The van der Waals surface area contributed by atoms with Gasteiger partial charge in [-0.1, -0.05) is 36.4 Å². The third-order valence-electron chi connectivity index (χ3n) is 2.75. The second-order valence-electron chi connectivity index (χ2n) is 4.41. The van der Waals surface area contributed by atoms with Crippen LogP contribution in [0.1, 0.15) is 0 Å². The zero-order chi connectivity index (χ0) is 15.1. The van der Waals surface area contributed by atoms with Gasteiger partial charge in [0.2, 0.25) is 0 Å². The van der Waals surface area contributed by atoms with Gasteiger partial charge in [0, 0.05) is 11.6 Å². The van der Waals surface area contributed by atoms with E-state index in [0.717, 1.165) is 5.69 Å². The number of halogens is 2. The van der Waals surface area contributed by atoms with Gasteiger partial charge in [0.1, 0.15) is 0 Å². The maximum absolute atomic E-state index is 13.2. The third kappa shape index (κ3) is 4.76. The van der Waals surface area contributed by atoms with Gasteiger partial charge in [0.15, 0.2) is 0 Å². The molecule has 0 aromatic heterocycles. The first kappa shape index (κ1) is 16.4. The average Bonchev–Trinajstić information content (AvgIpc) is 2.54. The summed E-state index contributed by atoms with van der Waals surface area (Å²) in [5.74, 6) is 0.238. The van der Waals surface area contributed by atoms with Crippen LogP contribution in [0.15, 0.2) is 60.7 Å². The van der Waals surface area contributed by atoms with Crippen molar-refractivity contribution in [1.82, 2.24) is 0 Å². The van der Waals surface area contributed by atoms with Crippen LogP contribution in [-0.4, -0.2) is 17.9 Å². The lowest BCUT2D eigenvalue weighted by Crippen LogP contribution is -2.18. The van der Waals surface area contributed by atoms with Crippen LogP contribution in [0.5, 0.6) is 0 Å². The van der Waals surface area contributed by atoms with E-state index in [0.29, 0.717) is 5.30 Å². The van der Waals surface area contributed by atoms with E-state index in [1.54, 1.807) is 12.1 Å². The number of para-hydroxylation sites is 1. The van der Waals surface area contributed by atoms with Gasteiger partial charge in [-0.05, 0) is 24.3 Å². The average molecular weight is 344 g/mol. The normalized spacial score (nSPS) is 15.1. The first-order chi connectivity index (χ1) is 10.1. The number of nitrogens with one attached hydrogen (secondary N) is 1. The Morgan fingerprint density at radius 2 is 1.62 bits per heavy atom. The molecule has 0 saturated heterocycles. The fraction of sp³-hybridized carbons (Fsp3) is 0.200. The molecule has 0 spiro atoms. The van der Waals surface area contributed by atoms with Crippen molar-refractivity contribution in [2.75, 3.05) is 17.6 Å². The maximum Gasteiger partial charge on any atom is 0.324 e. The summed E-state index contributed by atoms with van der Waals surface area (Å²) in [5.41, 5.74) is 0.724. The van der Waals surface area contributed by atoms with Gasteiger partial charge in [-0.3, -0.25) is 4.57 Å². The van der Waals surface area contributed by atoms with E-state index in [1.165, 1.54) is 0 Å². The Morgan fingerprint density at radius 1 is 1.05 bits per heavy atom. The Bertz CT molecular complexity index is 595. The molecule has 0 bridgehead atoms. The Kier molecular flexibility index (Phi) is 6.13. The molecular weight excluding hydrogens is 328 g/mol. The molecular formula is C15H16Cl2NO2P. The van der Waals surface area contributed by atoms with Gasteiger partial charge in [0.05, 0.1) is 17.3 Å². The van der Waals surface area contributed by atoms with Crippen LogP contribution in [-0.2, 0) is 9.09 Å². The van der Waals surface area contributed by atoms with Crippen molar-refractivity contribution in [3.05, 3.63) is 60.7 Å². The molecule has 2 unspecified atom stereocenters. The lowest BCUT2D eigenvalue weighted by Gasteiger charge is -2.21. The number of benzene rings is 2. The summed E-state index contributed by atoms with van der Waals surface area (Å²) >= 11 is 11.6. The van der Waals surface area contributed by atoms with Crippen LogP contribution >= 0.6 is 30.7 Å². The van der Waals surface area contributed by atoms with Crippen molar-refractivity contribution in [2.24, 2.45) is 0 Å². The van der Waals surface area contributed by atoms with Crippen molar-refractivity contribution in [2.45, 2.75) is 5.38 Å². The topological polar surface area (TPSA) is 38.3 Å². The fourth-order valence-corrected chi connectivity index (χ4v) is 3.73. The number of hydrogen-bond donors (Lipinski definition) is 1. The highest BCUT2D eigenvalue weighted by Crippen LogP contribution is 2.45. The minimum absolute atomic E-state index is 0.108. The van der Waals surface area contributed by atoms with Gasteiger partial charge in [0.25, 0.3) is 0 Å². The summed E-state index contributed by atoms with van der Waals surface area (Å²) in [5, 5.41) is 3.19. The lowest BCUT2D eigenvalue weighted by atomic mass is 10.3. The molecule has 0 amide bonds. The summed E-state index contributed by atoms with van der Waals surface area (Å²) in [6.07, 6.45) is 0. The molecule has 2 aromatic rings. The lowest BCUT2D eigenvalue weighted by molar-refractivity contribution is 0.326. The molecule has 0 radical (unpaired) electrons. The van der Waals surface area contributed by atoms with E-state index in [4.69, 9.17) is 27.7 Å². The maximum atomic E-state index is 13.2. The van der Waals surface area contributed by atoms with Gasteiger partial charge < -0.3 is 9.61 Å². The van der Waals surface area contributed by atoms with Crippen LogP contribution in [0.25, 0.3) is 0 Å². The van der Waals surface area contributed by atoms with Crippen molar-refractivity contribution in [3.63, 3.8) is 0 Å². The molecule has 2 aromatic carbocycles. The molecule has 0 fully saturated rings. The van der Waals surface area contributed by atoms with Crippen molar-refractivity contribution >= 4 is 41.7 Å². The molecule has 0 saturated carbocycles. The number of hydrogen-bond acceptors (Lipinski definition) is 2. The molecule has 0 aliphatic heterocycles. The Balaban J connectivity index is 2.24. The molecule has 2 atom stereocenters. The van der Waals surface area contributed by atoms with E-state index >= 15 is 0 Å². The minimum Gasteiger partial charge on any atom is -0.312 e. The second kappa shape index (κ2) is 7.86. The summed E-state index contributed by atoms with van der Waals surface area (Å²) in [6.45, 7) is 0.108. The monoisotopic (exact) mass is 343 g/mol. The molecule has 0 aliphatic carbocycles.